The van der Waals surface area contributed by atoms with Crippen LogP contribution < -0.4 is 11.1 Å². The minimum Gasteiger partial charge on any atom is -0.478 e. The molecule has 0 saturated heterocycles. The summed E-state index contributed by atoms with van der Waals surface area (Å²) >= 11 is 5.86. The Hall–Kier alpha value is -2.60. The highest BCUT2D eigenvalue weighted by molar-refractivity contribution is 6.33. The van der Waals surface area contributed by atoms with Crippen LogP contribution in [0.4, 0.5) is 11.5 Å². The first-order valence-corrected chi connectivity index (χ1v) is 5.92. The molecule has 0 bridgehead atoms. The number of nitrogens with zero attached hydrogens (tertiary/aromatic N) is 1. The maximum Gasteiger partial charge on any atom is 0.337 e. The van der Waals surface area contributed by atoms with Gasteiger partial charge in [-0.15, -0.1) is 0 Å². The van der Waals surface area contributed by atoms with Crippen LogP contribution in [0.25, 0.3) is 0 Å². The molecular formula is C13H10ClN3O3. The lowest BCUT2D eigenvalue weighted by Crippen LogP contribution is -2.13. The summed E-state index contributed by atoms with van der Waals surface area (Å²) in [6.07, 6.45) is 0. The van der Waals surface area contributed by atoms with Crippen molar-refractivity contribution < 1.29 is 14.7 Å². The van der Waals surface area contributed by atoms with E-state index in [4.69, 9.17) is 22.4 Å². The molecule has 1 aromatic heterocycles. The Morgan fingerprint density at radius 2 is 2.00 bits per heavy atom. The Balaban J connectivity index is 2.26. The van der Waals surface area contributed by atoms with Crippen molar-refractivity contribution in [2.45, 2.75) is 0 Å². The maximum absolute atomic E-state index is 11.0. The number of hydrogen-bond acceptors (Lipinski definition) is 4. The third kappa shape index (κ3) is 3.04. The molecule has 0 unspecified atom stereocenters. The largest absolute Gasteiger partial charge is 0.478 e. The number of benzene rings is 1. The van der Waals surface area contributed by atoms with E-state index in [9.17, 15) is 9.59 Å². The molecule has 2 rings (SSSR count). The van der Waals surface area contributed by atoms with Gasteiger partial charge < -0.3 is 16.2 Å². The smallest absolute Gasteiger partial charge is 0.337 e. The van der Waals surface area contributed by atoms with Crippen molar-refractivity contribution in [3.05, 3.63) is 52.7 Å². The highest BCUT2D eigenvalue weighted by atomic mass is 35.5. The average molecular weight is 292 g/mol. The van der Waals surface area contributed by atoms with Crippen LogP contribution in [0.2, 0.25) is 5.02 Å². The quantitative estimate of drug-likeness (QED) is 0.801. The summed E-state index contributed by atoms with van der Waals surface area (Å²) in [6, 6.07) is 9.16. The van der Waals surface area contributed by atoms with Gasteiger partial charge in [-0.1, -0.05) is 17.7 Å². The highest BCUT2D eigenvalue weighted by Crippen LogP contribution is 2.23. The van der Waals surface area contributed by atoms with E-state index in [2.05, 4.69) is 10.3 Å². The molecule has 1 amide bonds. The summed E-state index contributed by atoms with van der Waals surface area (Å²) in [7, 11) is 0. The van der Waals surface area contributed by atoms with Crippen molar-refractivity contribution in [3.63, 3.8) is 0 Å². The number of nitrogens with two attached hydrogens (primary N) is 1. The molecule has 1 heterocycles. The minimum absolute atomic E-state index is 0.0102. The molecule has 0 fully saturated rings. The van der Waals surface area contributed by atoms with Crippen LogP contribution in [0.5, 0.6) is 0 Å². The van der Waals surface area contributed by atoms with Gasteiger partial charge >= 0.3 is 5.97 Å². The first kappa shape index (κ1) is 13.8. The van der Waals surface area contributed by atoms with Crippen molar-refractivity contribution in [2.24, 2.45) is 5.73 Å². The normalized spacial score (nSPS) is 10.1. The number of carbonyl (C=O) groups is 2. The number of hydrogen-bond donors (Lipinski definition) is 3. The van der Waals surface area contributed by atoms with Gasteiger partial charge in [0.2, 0.25) is 0 Å². The number of amides is 1. The Morgan fingerprint density at radius 3 is 2.60 bits per heavy atom. The molecule has 20 heavy (non-hydrogen) atoms. The zero-order valence-corrected chi connectivity index (χ0v) is 10.9. The number of aromatic nitrogens is 1. The summed E-state index contributed by atoms with van der Waals surface area (Å²) < 4.78 is 0. The summed E-state index contributed by atoms with van der Waals surface area (Å²) in [6.45, 7) is 0. The molecule has 7 heteroatoms. The molecule has 0 aliphatic heterocycles. The average Bonchev–Trinajstić information content (AvgIpc) is 2.38. The number of carboxylic acid groups (broad SMARTS) is 1. The number of carbonyl (C=O) groups excluding carboxylic acids is 1. The van der Waals surface area contributed by atoms with Crippen LogP contribution in [-0.2, 0) is 0 Å². The van der Waals surface area contributed by atoms with Crippen molar-refractivity contribution in [1.29, 1.82) is 0 Å². The fraction of sp³-hybridized carbons (Fsp3) is 0. The number of anilines is 2. The third-order valence-electron chi connectivity index (χ3n) is 2.47. The number of aromatic carboxylic acids is 1. The second kappa shape index (κ2) is 5.58. The number of rotatable bonds is 4. The number of halogens is 1. The fourth-order valence-corrected chi connectivity index (χ4v) is 1.82. The van der Waals surface area contributed by atoms with Crippen LogP contribution in [0.1, 0.15) is 20.8 Å². The molecule has 0 aliphatic carbocycles. The number of nitrogens with one attached hydrogen (secondary N) is 1. The van der Waals surface area contributed by atoms with Crippen molar-refractivity contribution in [1.82, 2.24) is 4.98 Å². The minimum atomic E-state index is -1.10. The number of carboxylic acids is 1. The zero-order chi connectivity index (χ0) is 14.7. The van der Waals surface area contributed by atoms with E-state index in [1.54, 1.807) is 18.2 Å². The SMILES string of the molecule is NC(=O)c1cccc(Nc2ccc(C(=O)O)c(Cl)c2)n1. The van der Waals surface area contributed by atoms with Gasteiger partial charge in [0.15, 0.2) is 0 Å². The van der Waals surface area contributed by atoms with Gasteiger partial charge in [0.25, 0.3) is 5.91 Å². The maximum atomic E-state index is 11.0. The van der Waals surface area contributed by atoms with E-state index in [0.29, 0.717) is 11.5 Å². The molecule has 102 valence electrons. The topological polar surface area (TPSA) is 105 Å². The molecule has 0 radical (unpaired) electrons. The lowest BCUT2D eigenvalue weighted by molar-refractivity contribution is 0.0697. The van der Waals surface area contributed by atoms with Crippen molar-refractivity contribution >= 4 is 35.0 Å². The molecule has 0 spiro atoms. The predicted molar refractivity (Wildman–Crippen MR) is 74.4 cm³/mol. The van der Waals surface area contributed by atoms with E-state index in [0.717, 1.165) is 0 Å². The molecule has 0 aliphatic rings. The third-order valence-corrected chi connectivity index (χ3v) is 2.79. The van der Waals surface area contributed by atoms with Gasteiger partial charge in [0, 0.05) is 5.69 Å². The first-order chi connectivity index (χ1) is 9.47. The first-order valence-electron chi connectivity index (χ1n) is 5.54. The molecule has 0 atom stereocenters. The van der Waals surface area contributed by atoms with Crippen molar-refractivity contribution in [2.75, 3.05) is 5.32 Å². The second-order valence-corrected chi connectivity index (χ2v) is 4.30. The van der Waals surface area contributed by atoms with Crippen LogP contribution in [0, 0.1) is 0 Å². The predicted octanol–water partition coefficient (Wildman–Crippen LogP) is 2.28. The second-order valence-electron chi connectivity index (χ2n) is 3.90. The lowest BCUT2D eigenvalue weighted by atomic mass is 10.2. The Morgan fingerprint density at radius 1 is 1.25 bits per heavy atom. The van der Waals surface area contributed by atoms with Gasteiger partial charge in [-0.3, -0.25) is 4.79 Å². The van der Waals surface area contributed by atoms with Gasteiger partial charge in [-0.2, -0.15) is 0 Å². The molecule has 1 aromatic carbocycles. The van der Waals surface area contributed by atoms with E-state index in [1.807, 2.05) is 0 Å². The Kier molecular flexibility index (Phi) is 3.86. The van der Waals surface area contributed by atoms with Crippen LogP contribution in [0.15, 0.2) is 36.4 Å². The summed E-state index contributed by atoms with van der Waals surface area (Å²) in [5.74, 6) is -1.33. The van der Waals surface area contributed by atoms with Crippen LogP contribution in [0.3, 0.4) is 0 Å². The van der Waals surface area contributed by atoms with Gasteiger partial charge in [-0.25, -0.2) is 9.78 Å². The van der Waals surface area contributed by atoms with E-state index in [1.165, 1.54) is 18.2 Å². The van der Waals surface area contributed by atoms with Gasteiger partial charge in [-0.05, 0) is 30.3 Å². The molecular weight excluding hydrogens is 282 g/mol. The monoisotopic (exact) mass is 291 g/mol. The lowest BCUT2D eigenvalue weighted by Gasteiger charge is -2.08. The van der Waals surface area contributed by atoms with Gasteiger partial charge in [0.1, 0.15) is 11.5 Å². The fourth-order valence-electron chi connectivity index (χ4n) is 1.56. The molecule has 4 N–H and O–H groups in total. The standard InChI is InChI=1S/C13H10ClN3O3/c14-9-6-7(4-5-8(9)13(19)20)16-11-3-1-2-10(17-11)12(15)18/h1-6H,(H2,15,18)(H,16,17)(H,19,20). The number of primary amides is 1. The van der Waals surface area contributed by atoms with Gasteiger partial charge in [0.05, 0.1) is 10.6 Å². The molecule has 6 nitrogen and oxygen atoms in total. The number of pyridine rings is 1. The summed E-state index contributed by atoms with van der Waals surface area (Å²) in [4.78, 5) is 25.9. The van der Waals surface area contributed by atoms with Crippen LogP contribution in [-0.4, -0.2) is 22.0 Å². The summed E-state index contributed by atoms with van der Waals surface area (Å²) in [5.41, 5.74) is 5.83. The van der Waals surface area contributed by atoms with Crippen molar-refractivity contribution in [3.8, 4) is 0 Å². The highest BCUT2D eigenvalue weighted by Gasteiger charge is 2.09. The molecule has 0 saturated carbocycles. The summed E-state index contributed by atoms with van der Waals surface area (Å²) in [5, 5.41) is 11.9. The molecule has 2 aromatic rings. The zero-order valence-electron chi connectivity index (χ0n) is 10.1. The Labute approximate surface area is 119 Å². The van der Waals surface area contributed by atoms with E-state index < -0.39 is 11.9 Å². The van der Waals surface area contributed by atoms with Crippen LogP contribution >= 0.6 is 11.6 Å². The van der Waals surface area contributed by atoms with E-state index >= 15 is 0 Å². The van der Waals surface area contributed by atoms with E-state index in [-0.39, 0.29) is 16.3 Å². The Bertz CT molecular complexity index is 688.